The van der Waals surface area contributed by atoms with E-state index in [-0.39, 0.29) is 5.82 Å². The summed E-state index contributed by atoms with van der Waals surface area (Å²) < 4.78 is 0.475. The SMILES string of the molecule is CC(=O)N(C(C)=O)c1cccc[n+]1[O-]. The molecule has 0 aromatic carbocycles. The maximum absolute atomic E-state index is 11.2. The molecule has 14 heavy (non-hydrogen) atoms. The van der Waals surface area contributed by atoms with Crippen LogP contribution >= 0.6 is 0 Å². The van der Waals surface area contributed by atoms with Gasteiger partial charge < -0.3 is 5.21 Å². The van der Waals surface area contributed by atoms with Crippen molar-refractivity contribution in [3.63, 3.8) is 0 Å². The van der Waals surface area contributed by atoms with Gasteiger partial charge in [0.15, 0.2) is 0 Å². The van der Waals surface area contributed by atoms with Crippen LogP contribution in [-0.4, -0.2) is 11.8 Å². The molecule has 0 aliphatic rings. The summed E-state index contributed by atoms with van der Waals surface area (Å²) in [5, 5.41) is 11.2. The van der Waals surface area contributed by atoms with E-state index in [0.717, 1.165) is 4.90 Å². The van der Waals surface area contributed by atoms with Crippen molar-refractivity contribution in [2.24, 2.45) is 0 Å². The molecule has 0 fully saturated rings. The number of pyridine rings is 1. The number of hydrogen-bond donors (Lipinski definition) is 0. The molecule has 0 aliphatic heterocycles. The molecule has 74 valence electrons. The smallest absolute Gasteiger partial charge is 0.314 e. The number of aromatic nitrogens is 1. The van der Waals surface area contributed by atoms with Crippen LogP contribution in [-0.2, 0) is 9.59 Å². The second kappa shape index (κ2) is 3.87. The summed E-state index contributed by atoms with van der Waals surface area (Å²) in [6.45, 7) is 2.46. The fourth-order valence-corrected chi connectivity index (χ4v) is 1.14. The fourth-order valence-electron chi connectivity index (χ4n) is 1.14. The zero-order chi connectivity index (χ0) is 10.7. The number of anilines is 1. The molecule has 0 aliphatic carbocycles. The average Bonchev–Trinajstić information content (AvgIpc) is 2.07. The van der Waals surface area contributed by atoms with Crippen molar-refractivity contribution >= 4 is 17.6 Å². The maximum Gasteiger partial charge on any atom is 0.314 e. The first-order valence-electron chi connectivity index (χ1n) is 4.03. The van der Waals surface area contributed by atoms with Crippen LogP contribution in [0.15, 0.2) is 24.4 Å². The lowest BCUT2D eigenvalue weighted by Crippen LogP contribution is -2.42. The van der Waals surface area contributed by atoms with Gasteiger partial charge in [-0.3, -0.25) is 0 Å². The molecule has 1 heterocycles. The summed E-state index contributed by atoms with van der Waals surface area (Å²) in [6.07, 6.45) is 1.23. The highest BCUT2D eigenvalue weighted by molar-refractivity contribution is 6.11. The van der Waals surface area contributed by atoms with Gasteiger partial charge in [-0.05, 0) is 6.07 Å². The first-order chi connectivity index (χ1) is 6.54. The number of carbonyl (C=O) groups excluding carboxylic acids is 2. The van der Waals surface area contributed by atoms with E-state index in [9.17, 15) is 14.8 Å². The largest absolute Gasteiger partial charge is 0.711 e. The molecule has 2 amide bonds. The third-order valence-corrected chi connectivity index (χ3v) is 1.66. The summed E-state index contributed by atoms with van der Waals surface area (Å²) in [4.78, 5) is 23.0. The van der Waals surface area contributed by atoms with Crippen LogP contribution in [0.2, 0.25) is 0 Å². The molecular weight excluding hydrogens is 184 g/mol. The second-order valence-corrected chi connectivity index (χ2v) is 2.76. The van der Waals surface area contributed by atoms with Crippen molar-refractivity contribution in [1.82, 2.24) is 0 Å². The van der Waals surface area contributed by atoms with Gasteiger partial charge in [-0.25, -0.2) is 14.3 Å². The zero-order valence-corrected chi connectivity index (χ0v) is 7.93. The summed E-state index contributed by atoms with van der Waals surface area (Å²) >= 11 is 0. The van der Waals surface area contributed by atoms with Crippen LogP contribution < -0.4 is 9.63 Å². The van der Waals surface area contributed by atoms with Crippen LogP contribution in [0.1, 0.15) is 13.8 Å². The average molecular weight is 194 g/mol. The van der Waals surface area contributed by atoms with Crippen molar-refractivity contribution in [1.29, 1.82) is 0 Å². The predicted octanol–water partition coefficient (Wildman–Crippen LogP) is 0.219. The van der Waals surface area contributed by atoms with Gasteiger partial charge in [0.1, 0.15) is 0 Å². The third-order valence-electron chi connectivity index (χ3n) is 1.66. The van der Waals surface area contributed by atoms with Crippen LogP contribution in [0.3, 0.4) is 0 Å². The molecule has 5 heteroatoms. The molecule has 1 aromatic heterocycles. The molecule has 0 N–H and O–H groups in total. The Bertz CT molecular complexity index is 362. The lowest BCUT2D eigenvalue weighted by Gasteiger charge is -2.13. The summed E-state index contributed by atoms with van der Waals surface area (Å²) in [7, 11) is 0. The molecule has 0 saturated carbocycles. The topological polar surface area (TPSA) is 64.3 Å². The van der Waals surface area contributed by atoms with E-state index in [1.807, 2.05) is 0 Å². The van der Waals surface area contributed by atoms with Gasteiger partial charge in [0.25, 0.3) is 5.82 Å². The van der Waals surface area contributed by atoms with E-state index >= 15 is 0 Å². The predicted molar refractivity (Wildman–Crippen MR) is 49.2 cm³/mol. The Morgan fingerprint density at radius 2 is 1.86 bits per heavy atom. The maximum atomic E-state index is 11.2. The molecule has 0 saturated heterocycles. The zero-order valence-electron chi connectivity index (χ0n) is 7.93. The van der Waals surface area contributed by atoms with Gasteiger partial charge in [0.2, 0.25) is 0 Å². The Morgan fingerprint density at radius 3 is 2.29 bits per heavy atom. The Hall–Kier alpha value is -1.91. The van der Waals surface area contributed by atoms with Crippen LogP contribution in [0, 0.1) is 5.21 Å². The number of rotatable bonds is 1. The van der Waals surface area contributed by atoms with Crippen molar-refractivity contribution in [3.05, 3.63) is 29.6 Å². The lowest BCUT2D eigenvalue weighted by atomic mass is 10.4. The van der Waals surface area contributed by atoms with E-state index in [2.05, 4.69) is 0 Å². The Morgan fingerprint density at radius 1 is 1.29 bits per heavy atom. The molecule has 0 bridgehead atoms. The van der Waals surface area contributed by atoms with Crippen molar-refractivity contribution in [2.75, 3.05) is 4.90 Å². The van der Waals surface area contributed by atoms with Crippen LogP contribution in [0.5, 0.6) is 0 Å². The number of carbonyl (C=O) groups is 2. The van der Waals surface area contributed by atoms with Crippen LogP contribution in [0.4, 0.5) is 5.82 Å². The summed E-state index contributed by atoms with van der Waals surface area (Å²) in [6, 6.07) is 4.52. The quantitative estimate of drug-likeness (QED) is 0.474. The minimum absolute atomic E-state index is 0.0208. The molecule has 0 unspecified atom stereocenters. The molecule has 1 rings (SSSR count). The van der Waals surface area contributed by atoms with Crippen molar-refractivity contribution in [2.45, 2.75) is 13.8 Å². The molecular formula is C9H10N2O3. The van der Waals surface area contributed by atoms with E-state index in [1.165, 1.54) is 32.2 Å². The minimum atomic E-state index is -0.478. The normalized spacial score (nSPS) is 9.57. The standard InChI is InChI=1S/C9H10N2O3/c1-7(12)11(8(2)13)9-5-3-4-6-10(9)14/h3-6H,1-2H3. The lowest BCUT2D eigenvalue weighted by molar-refractivity contribution is -0.591. The highest BCUT2D eigenvalue weighted by Gasteiger charge is 2.26. The van der Waals surface area contributed by atoms with E-state index in [1.54, 1.807) is 6.07 Å². The number of nitrogens with zero attached hydrogens (tertiary/aromatic N) is 2. The van der Waals surface area contributed by atoms with E-state index in [4.69, 9.17) is 0 Å². The third kappa shape index (κ3) is 1.87. The Balaban J connectivity index is 3.18. The Kier molecular flexibility index (Phi) is 2.81. The van der Waals surface area contributed by atoms with E-state index < -0.39 is 11.8 Å². The summed E-state index contributed by atoms with van der Waals surface area (Å²) in [5.74, 6) is -0.936. The second-order valence-electron chi connectivity index (χ2n) is 2.76. The van der Waals surface area contributed by atoms with Crippen LogP contribution in [0.25, 0.3) is 0 Å². The number of hydrogen-bond acceptors (Lipinski definition) is 3. The molecule has 5 nitrogen and oxygen atoms in total. The van der Waals surface area contributed by atoms with Gasteiger partial charge >= 0.3 is 11.8 Å². The number of amides is 2. The fraction of sp³-hybridized carbons (Fsp3) is 0.222. The first-order valence-corrected chi connectivity index (χ1v) is 4.03. The van der Waals surface area contributed by atoms with Gasteiger partial charge in [-0.15, -0.1) is 4.90 Å². The Labute approximate surface area is 81.2 Å². The van der Waals surface area contributed by atoms with Gasteiger partial charge in [0.05, 0.1) is 6.20 Å². The van der Waals surface area contributed by atoms with Gasteiger partial charge in [-0.1, -0.05) is 6.07 Å². The molecule has 0 radical (unpaired) electrons. The first kappa shape index (κ1) is 10.2. The van der Waals surface area contributed by atoms with Crippen molar-refractivity contribution in [3.8, 4) is 0 Å². The highest BCUT2D eigenvalue weighted by atomic mass is 16.5. The monoisotopic (exact) mass is 194 g/mol. The number of imide groups is 1. The summed E-state index contributed by atoms with van der Waals surface area (Å²) in [5.41, 5.74) is 0. The molecule has 0 spiro atoms. The molecule has 1 aromatic rings. The van der Waals surface area contributed by atoms with Gasteiger partial charge in [0, 0.05) is 19.9 Å². The van der Waals surface area contributed by atoms with E-state index in [0.29, 0.717) is 4.73 Å². The van der Waals surface area contributed by atoms with Gasteiger partial charge in [-0.2, -0.15) is 0 Å². The minimum Gasteiger partial charge on any atom is -0.711 e. The van der Waals surface area contributed by atoms with Crippen molar-refractivity contribution < 1.29 is 14.3 Å². The highest BCUT2D eigenvalue weighted by Crippen LogP contribution is 2.07. The molecule has 0 atom stereocenters.